The van der Waals surface area contributed by atoms with Gasteiger partial charge in [-0.15, -0.1) is 0 Å². The van der Waals surface area contributed by atoms with Gasteiger partial charge >= 0.3 is 5.97 Å². The molecule has 1 N–H and O–H groups in total. The van der Waals surface area contributed by atoms with Gasteiger partial charge in [0.15, 0.2) is 6.61 Å². The van der Waals surface area contributed by atoms with Crippen molar-refractivity contribution in [2.75, 3.05) is 11.9 Å². The number of esters is 1. The van der Waals surface area contributed by atoms with Crippen LogP contribution in [0.2, 0.25) is 0 Å². The van der Waals surface area contributed by atoms with Gasteiger partial charge < -0.3 is 14.5 Å². The molecular formula is C15H13F2NO4. The lowest BCUT2D eigenvalue weighted by Crippen LogP contribution is -2.21. The predicted molar refractivity (Wildman–Crippen MR) is 73.5 cm³/mol. The molecule has 2 rings (SSSR count). The smallest absolute Gasteiger partial charge is 0.342 e. The van der Waals surface area contributed by atoms with E-state index in [1.807, 2.05) is 0 Å². The molecule has 1 heterocycles. The van der Waals surface area contributed by atoms with Crippen LogP contribution >= 0.6 is 0 Å². The van der Waals surface area contributed by atoms with Crippen LogP contribution in [0.4, 0.5) is 14.5 Å². The van der Waals surface area contributed by atoms with Crippen molar-refractivity contribution >= 4 is 17.6 Å². The van der Waals surface area contributed by atoms with Gasteiger partial charge in [0, 0.05) is 6.07 Å². The van der Waals surface area contributed by atoms with E-state index in [1.165, 1.54) is 6.07 Å². The fraction of sp³-hybridized carbons (Fsp3) is 0.200. The lowest BCUT2D eigenvalue weighted by atomic mass is 10.2. The van der Waals surface area contributed by atoms with Crippen molar-refractivity contribution in [2.24, 2.45) is 0 Å². The number of ether oxygens (including phenoxy) is 1. The molecule has 0 atom stereocenters. The number of furan rings is 1. The highest BCUT2D eigenvalue weighted by molar-refractivity contribution is 5.96. The van der Waals surface area contributed by atoms with E-state index in [4.69, 9.17) is 9.15 Å². The SMILES string of the molecule is Cc1cc(C(=O)OCC(=O)Nc2cc(F)ccc2F)c(C)o1. The summed E-state index contributed by atoms with van der Waals surface area (Å²) in [5.41, 5.74) is -0.112. The molecule has 1 aromatic carbocycles. The molecule has 0 saturated heterocycles. The Morgan fingerprint density at radius 1 is 1.23 bits per heavy atom. The van der Waals surface area contributed by atoms with Crippen molar-refractivity contribution in [3.8, 4) is 0 Å². The third-order valence-corrected chi connectivity index (χ3v) is 2.80. The van der Waals surface area contributed by atoms with Crippen LogP contribution in [0.1, 0.15) is 21.9 Å². The van der Waals surface area contributed by atoms with E-state index >= 15 is 0 Å². The standard InChI is InChI=1S/C15H13F2NO4/c1-8-5-11(9(2)22-8)15(20)21-7-14(19)18-13-6-10(16)3-4-12(13)17/h3-6H,7H2,1-2H3,(H,18,19). The second-order valence-electron chi connectivity index (χ2n) is 4.58. The summed E-state index contributed by atoms with van der Waals surface area (Å²) in [6.45, 7) is 2.63. The van der Waals surface area contributed by atoms with E-state index < -0.39 is 30.1 Å². The fourth-order valence-electron chi connectivity index (χ4n) is 1.82. The number of aryl methyl sites for hydroxylation is 2. The Bertz CT molecular complexity index is 724. The summed E-state index contributed by atoms with van der Waals surface area (Å²) in [5.74, 6) is -2.09. The molecule has 0 aliphatic carbocycles. The molecule has 5 nitrogen and oxygen atoms in total. The minimum Gasteiger partial charge on any atom is -0.466 e. The Balaban J connectivity index is 1.94. The van der Waals surface area contributed by atoms with Gasteiger partial charge in [0.1, 0.15) is 28.7 Å². The maximum absolute atomic E-state index is 13.3. The predicted octanol–water partition coefficient (Wildman–Crippen LogP) is 2.97. The molecule has 22 heavy (non-hydrogen) atoms. The molecule has 0 spiro atoms. The summed E-state index contributed by atoms with van der Waals surface area (Å²) in [4.78, 5) is 23.4. The molecule has 7 heteroatoms. The van der Waals surface area contributed by atoms with Gasteiger partial charge in [-0.05, 0) is 32.0 Å². The molecule has 0 aliphatic heterocycles. The second-order valence-corrected chi connectivity index (χ2v) is 4.58. The monoisotopic (exact) mass is 309 g/mol. The summed E-state index contributed by atoms with van der Waals surface area (Å²) in [6.07, 6.45) is 0. The fourth-order valence-corrected chi connectivity index (χ4v) is 1.82. The first-order valence-electron chi connectivity index (χ1n) is 6.36. The van der Waals surface area contributed by atoms with E-state index in [-0.39, 0.29) is 11.3 Å². The van der Waals surface area contributed by atoms with Crippen LogP contribution in [-0.2, 0) is 9.53 Å². The Hall–Kier alpha value is -2.70. The lowest BCUT2D eigenvalue weighted by Gasteiger charge is -2.07. The van der Waals surface area contributed by atoms with E-state index in [2.05, 4.69) is 5.32 Å². The topological polar surface area (TPSA) is 68.5 Å². The van der Waals surface area contributed by atoms with Crippen LogP contribution in [0.15, 0.2) is 28.7 Å². The molecule has 0 bridgehead atoms. The molecule has 0 saturated carbocycles. The maximum atomic E-state index is 13.3. The van der Waals surface area contributed by atoms with Gasteiger partial charge in [-0.2, -0.15) is 0 Å². The highest BCUT2D eigenvalue weighted by Crippen LogP contribution is 2.16. The molecule has 1 aromatic heterocycles. The van der Waals surface area contributed by atoms with Gasteiger partial charge in [0.25, 0.3) is 5.91 Å². The van der Waals surface area contributed by atoms with Crippen LogP contribution in [0.5, 0.6) is 0 Å². The van der Waals surface area contributed by atoms with Crippen molar-refractivity contribution in [1.29, 1.82) is 0 Å². The summed E-state index contributed by atoms with van der Waals surface area (Å²) in [6, 6.07) is 4.13. The third-order valence-electron chi connectivity index (χ3n) is 2.80. The number of halogens is 2. The third kappa shape index (κ3) is 3.69. The number of amides is 1. The van der Waals surface area contributed by atoms with E-state index in [0.717, 1.165) is 18.2 Å². The number of rotatable bonds is 4. The first-order valence-corrected chi connectivity index (χ1v) is 6.36. The van der Waals surface area contributed by atoms with Crippen LogP contribution in [0.25, 0.3) is 0 Å². The minimum atomic E-state index is -0.789. The Morgan fingerprint density at radius 3 is 2.59 bits per heavy atom. The quantitative estimate of drug-likeness (QED) is 0.882. The number of carbonyl (C=O) groups is 2. The number of nitrogens with one attached hydrogen (secondary N) is 1. The molecule has 116 valence electrons. The highest BCUT2D eigenvalue weighted by atomic mass is 19.1. The molecule has 1 amide bonds. The van der Waals surface area contributed by atoms with E-state index in [9.17, 15) is 18.4 Å². The summed E-state index contributed by atoms with van der Waals surface area (Å²) in [5, 5.41) is 2.12. The van der Waals surface area contributed by atoms with E-state index in [1.54, 1.807) is 13.8 Å². The van der Waals surface area contributed by atoms with Crippen LogP contribution < -0.4 is 5.32 Å². The van der Waals surface area contributed by atoms with Crippen molar-refractivity contribution < 1.29 is 27.5 Å². The normalized spacial score (nSPS) is 10.4. The zero-order valence-electron chi connectivity index (χ0n) is 11.9. The summed E-state index contributed by atoms with van der Waals surface area (Å²) >= 11 is 0. The van der Waals surface area contributed by atoms with Gasteiger partial charge in [-0.1, -0.05) is 0 Å². The number of carbonyl (C=O) groups excluding carboxylic acids is 2. The van der Waals surface area contributed by atoms with Crippen LogP contribution in [0, 0.1) is 25.5 Å². The summed E-state index contributed by atoms with van der Waals surface area (Å²) in [7, 11) is 0. The van der Waals surface area contributed by atoms with Gasteiger partial charge in [0.05, 0.1) is 5.69 Å². The average Bonchev–Trinajstić information content (AvgIpc) is 2.79. The first-order chi connectivity index (χ1) is 10.4. The lowest BCUT2D eigenvalue weighted by molar-refractivity contribution is -0.119. The minimum absolute atomic E-state index is 0.210. The van der Waals surface area contributed by atoms with Crippen molar-refractivity contribution in [3.63, 3.8) is 0 Å². The van der Waals surface area contributed by atoms with Crippen molar-refractivity contribution in [2.45, 2.75) is 13.8 Å². The average molecular weight is 309 g/mol. The molecule has 0 radical (unpaired) electrons. The molecule has 0 fully saturated rings. The van der Waals surface area contributed by atoms with Crippen LogP contribution in [-0.4, -0.2) is 18.5 Å². The Morgan fingerprint density at radius 2 is 1.95 bits per heavy atom. The van der Waals surface area contributed by atoms with E-state index in [0.29, 0.717) is 11.5 Å². The molecule has 0 aliphatic rings. The van der Waals surface area contributed by atoms with Gasteiger partial charge in [-0.25, -0.2) is 13.6 Å². The maximum Gasteiger partial charge on any atom is 0.342 e. The molecule has 2 aromatic rings. The molecule has 0 unspecified atom stereocenters. The largest absolute Gasteiger partial charge is 0.466 e. The number of hydrogen-bond donors (Lipinski definition) is 1. The number of hydrogen-bond acceptors (Lipinski definition) is 4. The van der Waals surface area contributed by atoms with Crippen molar-refractivity contribution in [3.05, 3.63) is 53.0 Å². The van der Waals surface area contributed by atoms with Gasteiger partial charge in [0.2, 0.25) is 0 Å². The zero-order valence-corrected chi connectivity index (χ0v) is 11.9. The first kappa shape index (κ1) is 15.7. The highest BCUT2D eigenvalue weighted by Gasteiger charge is 2.17. The van der Waals surface area contributed by atoms with Crippen molar-refractivity contribution in [1.82, 2.24) is 0 Å². The second kappa shape index (κ2) is 6.38. The van der Waals surface area contributed by atoms with Gasteiger partial charge in [-0.3, -0.25) is 4.79 Å². The Labute approximate surface area is 124 Å². The zero-order chi connectivity index (χ0) is 16.3. The van der Waals surface area contributed by atoms with Crippen LogP contribution in [0.3, 0.4) is 0 Å². The number of benzene rings is 1. The Kier molecular flexibility index (Phi) is 4.55. The number of anilines is 1. The summed E-state index contributed by atoms with van der Waals surface area (Å²) < 4.78 is 36.3. The molecular weight excluding hydrogens is 296 g/mol.